The minimum absolute atomic E-state index is 0.254. The van der Waals surface area contributed by atoms with E-state index in [0.29, 0.717) is 0 Å². The van der Waals surface area contributed by atoms with Crippen LogP contribution in [0.25, 0.3) is 0 Å². The quantitative estimate of drug-likeness (QED) is 0.634. The summed E-state index contributed by atoms with van der Waals surface area (Å²) < 4.78 is 5.75. The average molecular weight is 184 g/mol. The zero-order valence-electron chi connectivity index (χ0n) is 9.60. The van der Waals surface area contributed by atoms with Crippen molar-refractivity contribution in [3.05, 3.63) is 0 Å². The van der Waals surface area contributed by atoms with Crippen LogP contribution < -0.4 is 0 Å². The zero-order valence-corrected chi connectivity index (χ0v) is 9.60. The Morgan fingerprint density at radius 1 is 1.31 bits per heavy atom. The first-order chi connectivity index (χ1) is 6.16. The molecular formula is C12H24O. The molecule has 0 bridgehead atoms. The van der Waals surface area contributed by atoms with Crippen molar-refractivity contribution in [2.45, 2.75) is 58.5 Å². The maximum atomic E-state index is 5.75. The van der Waals surface area contributed by atoms with Crippen LogP contribution in [0.1, 0.15) is 52.9 Å². The van der Waals surface area contributed by atoms with Gasteiger partial charge in [0.25, 0.3) is 0 Å². The third kappa shape index (κ3) is 2.07. The molecular weight excluding hydrogens is 160 g/mol. The maximum absolute atomic E-state index is 5.75. The lowest BCUT2D eigenvalue weighted by Gasteiger charge is -2.48. The largest absolute Gasteiger partial charge is 0.378 e. The van der Waals surface area contributed by atoms with Crippen LogP contribution in [-0.4, -0.2) is 12.7 Å². The fraction of sp³-hybridized carbons (Fsp3) is 1.00. The minimum atomic E-state index is 0.254. The molecule has 0 aromatic carbocycles. The fourth-order valence-corrected chi connectivity index (χ4v) is 2.77. The van der Waals surface area contributed by atoms with E-state index in [-0.39, 0.29) is 5.60 Å². The monoisotopic (exact) mass is 184 g/mol. The van der Waals surface area contributed by atoms with E-state index in [4.69, 9.17) is 4.74 Å². The molecule has 1 rings (SSSR count). The van der Waals surface area contributed by atoms with Gasteiger partial charge in [0.15, 0.2) is 0 Å². The molecule has 1 atom stereocenters. The summed E-state index contributed by atoms with van der Waals surface area (Å²) in [4.78, 5) is 0. The summed E-state index contributed by atoms with van der Waals surface area (Å²) in [6.07, 6.45) is 6.54. The van der Waals surface area contributed by atoms with Crippen molar-refractivity contribution in [1.82, 2.24) is 0 Å². The van der Waals surface area contributed by atoms with Gasteiger partial charge in [-0.1, -0.05) is 27.2 Å². The van der Waals surface area contributed by atoms with E-state index in [1.807, 2.05) is 7.11 Å². The highest BCUT2D eigenvalue weighted by Crippen LogP contribution is 2.46. The van der Waals surface area contributed by atoms with Gasteiger partial charge >= 0.3 is 0 Å². The number of rotatable bonds is 5. The van der Waals surface area contributed by atoms with Crippen molar-refractivity contribution in [3.63, 3.8) is 0 Å². The lowest BCUT2D eigenvalue weighted by Crippen LogP contribution is -2.48. The molecule has 0 aromatic rings. The molecule has 78 valence electrons. The van der Waals surface area contributed by atoms with E-state index in [0.717, 1.165) is 11.8 Å². The van der Waals surface area contributed by atoms with Gasteiger partial charge in [-0.2, -0.15) is 0 Å². The van der Waals surface area contributed by atoms with Crippen molar-refractivity contribution in [2.75, 3.05) is 7.11 Å². The summed E-state index contributed by atoms with van der Waals surface area (Å²) in [6.45, 7) is 6.94. The fourth-order valence-electron chi connectivity index (χ4n) is 2.77. The summed E-state index contributed by atoms with van der Waals surface area (Å²) in [5.41, 5.74) is 0.254. The van der Waals surface area contributed by atoms with Crippen LogP contribution in [0.4, 0.5) is 0 Å². The number of hydrogen-bond acceptors (Lipinski definition) is 1. The van der Waals surface area contributed by atoms with Gasteiger partial charge < -0.3 is 4.74 Å². The normalized spacial score (nSPS) is 22.8. The molecule has 0 aliphatic heterocycles. The SMILES string of the molecule is CCCC(C(C)C)C1(OC)CCC1. The van der Waals surface area contributed by atoms with Gasteiger partial charge in [-0.25, -0.2) is 0 Å². The molecule has 0 N–H and O–H groups in total. The maximum Gasteiger partial charge on any atom is 0.0709 e. The Morgan fingerprint density at radius 3 is 2.15 bits per heavy atom. The molecule has 0 radical (unpaired) electrons. The molecule has 1 aliphatic carbocycles. The van der Waals surface area contributed by atoms with Crippen LogP contribution >= 0.6 is 0 Å². The summed E-state index contributed by atoms with van der Waals surface area (Å²) in [7, 11) is 1.89. The second-order valence-corrected chi connectivity index (χ2v) is 4.76. The molecule has 1 heteroatoms. The van der Waals surface area contributed by atoms with Crippen LogP contribution in [0.5, 0.6) is 0 Å². The summed E-state index contributed by atoms with van der Waals surface area (Å²) >= 11 is 0. The van der Waals surface area contributed by atoms with Crippen molar-refractivity contribution < 1.29 is 4.74 Å². The Morgan fingerprint density at radius 2 is 1.92 bits per heavy atom. The standard InChI is InChI=1S/C12H24O/c1-5-7-11(10(2)3)12(13-4)8-6-9-12/h10-11H,5-9H2,1-4H3. The predicted octanol–water partition coefficient (Wildman–Crippen LogP) is 3.63. The first-order valence-electron chi connectivity index (χ1n) is 5.71. The van der Waals surface area contributed by atoms with Crippen LogP contribution in [0, 0.1) is 11.8 Å². The molecule has 1 unspecified atom stereocenters. The van der Waals surface area contributed by atoms with E-state index in [9.17, 15) is 0 Å². The third-order valence-electron chi connectivity index (χ3n) is 3.69. The van der Waals surface area contributed by atoms with Gasteiger partial charge in [-0.15, -0.1) is 0 Å². The van der Waals surface area contributed by atoms with Gasteiger partial charge in [-0.3, -0.25) is 0 Å². The zero-order chi connectivity index (χ0) is 9.90. The molecule has 0 amide bonds. The van der Waals surface area contributed by atoms with E-state index in [1.165, 1.54) is 32.1 Å². The van der Waals surface area contributed by atoms with Gasteiger partial charge in [0.2, 0.25) is 0 Å². The second-order valence-electron chi connectivity index (χ2n) is 4.76. The number of hydrogen-bond donors (Lipinski definition) is 0. The molecule has 1 aliphatic rings. The van der Waals surface area contributed by atoms with Crippen LogP contribution in [0.15, 0.2) is 0 Å². The first-order valence-corrected chi connectivity index (χ1v) is 5.71. The van der Waals surface area contributed by atoms with E-state index < -0.39 is 0 Å². The van der Waals surface area contributed by atoms with Gasteiger partial charge in [-0.05, 0) is 37.5 Å². The molecule has 1 nitrogen and oxygen atoms in total. The molecule has 1 fully saturated rings. The number of ether oxygens (including phenoxy) is 1. The average Bonchev–Trinajstić information content (AvgIpc) is 2.01. The van der Waals surface area contributed by atoms with Crippen LogP contribution in [-0.2, 0) is 4.74 Å². The Balaban J connectivity index is 2.61. The van der Waals surface area contributed by atoms with Gasteiger partial charge in [0.1, 0.15) is 0 Å². The Hall–Kier alpha value is -0.0400. The van der Waals surface area contributed by atoms with Crippen LogP contribution in [0.3, 0.4) is 0 Å². The van der Waals surface area contributed by atoms with Crippen molar-refractivity contribution in [2.24, 2.45) is 11.8 Å². The number of methoxy groups -OCH3 is 1. The summed E-state index contributed by atoms with van der Waals surface area (Å²) in [6, 6.07) is 0. The smallest absolute Gasteiger partial charge is 0.0709 e. The first kappa shape index (κ1) is 11.0. The molecule has 0 spiro atoms. The highest BCUT2D eigenvalue weighted by atomic mass is 16.5. The van der Waals surface area contributed by atoms with Crippen LogP contribution in [0.2, 0.25) is 0 Å². The van der Waals surface area contributed by atoms with E-state index >= 15 is 0 Å². The van der Waals surface area contributed by atoms with Crippen molar-refractivity contribution >= 4 is 0 Å². The molecule has 0 heterocycles. The second kappa shape index (κ2) is 4.45. The Kier molecular flexibility index (Phi) is 3.78. The minimum Gasteiger partial charge on any atom is -0.378 e. The van der Waals surface area contributed by atoms with Crippen molar-refractivity contribution in [3.8, 4) is 0 Å². The lowest BCUT2D eigenvalue weighted by atomic mass is 9.65. The molecule has 0 saturated heterocycles. The Bertz CT molecular complexity index is 142. The molecule has 1 saturated carbocycles. The van der Waals surface area contributed by atoms with Gasteiger partial charge in [0.05, 0.1) is 5.60 Å². The third-order valence-corrected chi connectivity index (χ3v) is 3.69. The Labute approximate surface area is 82.9 Å². The summed E-state index contributed by atoms with van der Waals surface area (Å²) in [5.74, 6) is 1.54. The predicted molar refractivity (Wildman–Crippen MR) is 56.8 cm³/mol. The highest BCUT2D eigenvalue weighted by Gasteiger charge is 2.44. The van der Waals surface area contributed by atoms with E-state index in [1.54, 1.807) is 0 Å². The highest BCUT2D eigenvalue weighted by molar-refractivity contribution is 4.96. The topological polar surface area (TPSA) is 9.23 Å². The molecule has 13 heavy (non-hydrogen) atoms. The van der Waals surface area contributed by atoms with E-state index in [2.05, 4.69) is 20.8 Å². The lowest BCUT2D eigenvalue weighted by molar-refractivity contribution is -0.129. The summed E-state index contributed by atoms with van der Waals surface area (Å²) in [5, 5.41) is 0. The van der Waals surface area contributed by atoms with Crippen molar-refractivity contribution in [1.29, 1.82) is 0 Å². The van der Waals surface area contributed by atoms with Gasteiger partial charge in [0, 0.05) is 7.11 Å². The molecule has 0 aromatic heterocycles.